The normalized spacial score (nSPS) is 13.1. The maximum Gasteiger partial charge on any atom is 0.126 e. The van der Waals surface area contributed by atoms with Crippen molar-refractivity contribution in [1.29, 1.82) is 0 Å². The van der Waals surface area contributed by atoms with Gasteiger partial charge in [-0.15, -0.1) is 0 Å². The summed E-state index contributed by atoms with van der Waals surface area (Å²) in [6.45, 7) is 4.46. The molecule has 1 aromatic heterocycles. The zero-order valence-corrected chi connectivity index (χ0v) is 9.83. The Morgan fingerprint density at radius 2 is 2.20 bits per heavy atom. The first-order chi connectivity index (χ1) is 7.15. The van der Waals surface area contributed by atoms with Gasteiger partial charge in [0.05, 0.1) is 0 Å². The number of nitrogens with two attached hydrogens (primary N) is 1. The molecule has 84 valence electrons. The largest absolute Gasteiger partial charge is 0.383 e. The maximum atomic E-state index is 5.79. The third kappa shape index (κ3) is 3.51. The van der Waals surface area contributed by atoms with Crippen LogP contribution in [0.2, 0.25) is 0 Å². The van der Waals surface area contributed by atoms with E-state index in [0.29, 0.717) is 17.8 Å². The van der Waals surface area contributed by atoms with E-state index in [0.717, 1.165) is 18.4 Å². The number of hydrogen-bond donors (Lipinski definition) is 2. The lowest BCUT2D eigenvalue weighted by molar-refractivity contribution is 0.403. The summed E-state index contributed by atoms with van der Waals surface area (Å²) in [5.41, 5.74) is 6.94. The number of hydrogen-bond acceptors (Lipinski definition) is 3. The number of anilines is 1. The summed E-state index contributed by atoms with van der Waals surface area (Å²) in [7, 11) is 2.01. The number of nitrogens with zero attached hydrogens (tertiary/aromatic N) is 1. The zero-order valence-electron chi connectivity index (χ0n) is 9.83. The van der Waals surface area contributed by atoms with Crippen LogP contribution in [0.3, 0.4) is 0 Å². The molecule has 0 aliphatic heterocycles. The van der Waals surface area contributed by atoms with E-state index in [4.69, 9.17) is 5.73 Å². The van der Waals surface area contributed by atoms with Gasteiger partial charge in [-0.25, -0.2) is 4.98 Å². The molecule has 0 spiro atoms. The van der Waals surface area contributed by atoms with Crippen LogP contribution < -0.4 is 11.1 Å². The molecule has 3 heteroatoms. The Labute approximate surface area is 92.1 Å². The molecule has 3 nitrogen and oxygen atoms in total. The van der Waals surface area contributed by atoms with E-state index in [1.807, 2.05) is 13.1 Å². The van der Waals surface area contributed by atoms with Crippen molar-refractivity contribution < 1.29 is 0 Å². The van der Waals surface area contributed by atoms with Crippen LogP contribution in [-0.4, -0.2) is 18.1 Å². The Balaban J connectivity index is 2.53. The first-order valence-electron chi connectivity index (χ1n) is 5.51. The average molecular weight is 207 g/mol. The Kier molecular flexibility index (Phi) is 4.56. The molecule has 0 amide bonds. The van der Waals surface area contributed by atoms with Crippen LogP contribution >= 0.6 is 0 Å². The quantitative estimate of drug-likeness (QED) is 0.774. The molecule has 15 heavy (non-hydrogen) atoms. The molecule has 0 aliphatic rings. The molecule has 0 saturated carbocycles. The van der Waals surface area contributed by atoms with Gasteiger partial charge in [-0.2, -0.15) is 0 Å². The Hall–Kier alpha value is -1.09. The summed E-state index contributed by atoms with van der Waals surface area (Å²) in [5, 5.41) is 3.33. The van der Waals surface area contributed by atoms with Gasteiger partial charge in [0, 0.05) is 12.2 Å². The van der Waals surface area contributed by atoms with Crippen molar-refractivity contribution in [3.63, 3.8) is 0 Å². The minimum absolute atomic E-state index is 0.546. The average Bonchev–Trinajstić information content (AvgIpc) is 2.21. The van der Waals surface area contributed by atoms with Crippen molar-refractivity contribution in [2.75, 3.05) is 12.8 Å². The van der Waals surface area contributed by atoms with Gasteiger partial charge in [-0.1, -0.05) is 19.9 Å². The fraction of sp³-hybridized carbons (Fsp3) is 0.583. The number of pyridine rings is 1. The Morgan fingerprint density at radius 3 is 2.73 bits per heavy atom. The van der Waals surface area contributed by atoms with E-state index in [1.54, 1.807) is 6.20 Å². The molecular formula is C12H21N3. The lowest BCUT2D eigenvalue weighted by Gasteiger charge is -2.20. The zero-order chi connectivity index (χ0) is 11.3. The number of aromatic nitrogens is 1. The third-order valence-corrected chi connectivity index (χ3v) is 2.83. The fourth-order valence-electron chi connectivity index (χ4n) is 1.78. The molecular weight excluding hydrogens is 186 g/mol. The second-order valence-corrected chi connectivity index (χ2v) is 4.23. The maximum absolute atomic E-state index is 5.79. The summed E-state index contributed by atoms with van der Waals surface area (Å²) in [6, 6.07) is 4.54. The van der Waals surface area contributed by atoms with Crippen LogP contribution in [0.15, 0.2) is 18.3 Å². The molecule has 0 saturated heterocycles. The highest BCUT2D eigenvalue weighted by Crippen LogP contribution is 2.14. The first-order valence-corrected chi connectivity index (χ1v) is 5.51. The first kappa shape index (κ1) is 12.0. The van der Waals surface area contributed by atoms with Gasteiger partial charge in [0.15, 0.2) is 0 Å². The van der Waals surface area contributed by atoms with Crippen molar-refractivity contribution in [3.05, 3.63) is 23.9 Å². The van der Waals surface area contributed by atoms with Gasteiger partial charge in [-0.05, 0) is 37.4 Å². The SMILES string of the molecule is CNC(CCc1cccnc1N)C(C)C. The van der Waals surface area contributed by atoms with Crippen LogP contribution in [0.5, 0.6) is 0 Å². The summed E-state index contributed by atoms with van der Waals surface area (Å²) in [5.74, 6) is 1.31. The Bertz CT molecular complexity index is 297. The van der Waals surface area contributed by atoms with Crippen molar-refractivity contribution in [3.8, 4) is 0 Å². The molecule has 1 heterocycles. The molecule has 1 unspecified atom stereocenters. The van der Waals surface area contributed by atoms with Gasteiger partial charge < -0.3 is 11.1 Å². The van der Waals surface area contributed by atoms with Crippen LogP contribution in [0.1, 0.15) is 25.8 Å². The third-order valence-electron chi connectivity index (χ3n) is 2.83. The van der Waals surface area contributed by atoms with E-state index in [2.05, 4.69) is 30.2 Å². The predicted molar refractivity (Wildman–Crippen MR) is 64.7 cm³/mol. The lowest BCUT2D eigenvalue weighted by Crippen LogP contribution is -2.31. The van der Waals surface area contributed by atoms with Gasteiger partial charge in [-0.3, -0.25) is 0 Å². The number of rotatable bonds is 5. The molecule has 0 fully saturated rings. The smallest absolute Gasteiger partial charge is 0.126 e. The summed E-state index contributed by atoms with van der Waals surface area (Å²) in [4.78, 5) is 4.09. The number of nitrogens with one attached hydrogen (secondary N) is 1. The van der Waals surface area contributed by atoms with E-state index in [1.165, 1.54) is 0 Å². The highest BCUT2D eigenvalue weighted by molar-refractivity contribution is 5.38. The molecule has 1 rings (SSSR count). The summed E-state index contributed by atoms with van der Waals surface area (Å²) in [6.07, 6.45) is 3.82. The second kappa shape index (κ2) is 5.71. The summed E-state index contributed by atoms with van der Waals surface area (Å²) >= 11 is 0. The van der Waals surface area contributed by atoms with Crippen molar-refractivity contribution >= 4 is 5.82 Å². The van der Waals surface area contributed by atoms with Crippen LogP contribution in [-0.2, 0) is 6.42 Å². The van der Waals surface area contributed by atoms with E-state index >= 15 is 0 Å². The Morgan fingerprint density at radius 1 is 1.47 bits per heavy atom. The molecule has 0 radical (unpaired) electrons. The minimum Gasteiger partial charge on any atom is -0.383 e. The van der Waals surface area contributed by atoms with Crippen molar-refractivity contribution in [1.82, 2.24) is 10.3 Å². The van der Waals surface area contributed by atoms with E-state index in [-0.39, 0.29) is 0 Å². The molecule has 1 aromatic rings. The van der Waals surface area contributed by atoms with Crippen LogP contribution in [0, 0.1) is 5.92 Å². The predicted octanol–water partition coefficient (Wildman–Crippen LogP) is 1.84. The number of aryl methyl sites for hydroxylation is 1. The van der Waals surface area contributed by atoms with Gasteiger partial charge in [0.25, 0.3) is 0 Å². The van der Waals surface area contributed by atoms with E-state index < -0.39 is 0 Å². The second-order valence-electron chi connectivity index (χ2n) is 4.23. The number of nitrogen functional groups attached to an aromatic ring is 1. The molecule has 0 aromatic carbocycles. The monoisotopic (exact) mass is 207 g/mol. The van der Waals surface area contributed by atoms with Gasteiger partial charge in [0.2, 0.25) is 0 Å². The highest BCUT2D eigenvalue weighted by atomic mass is 14.9. The van der Waals surface area contributed by atoms with Crippen LogP contribution in [0.4, 0.5) is 5.82 Å². The van der Waals surface area contributed by atoms with Crippen molar-refractivity contribution in [2.45, 2.75) is 32.7 Å². The molecule has 3 N–H and O–H groups in total. The van der Waals surface area contributed by atoms with Crippen molar-refractivity contribution in [2.24, 2.45) is 5.92 Å². The molecule has 0 bridgehead atoms. The topological polar surface area (TPSA) is 50.9 Å². The minimum atomic E-state index is 0.546. The van der Waals surface area contributed by atoms with E-state index in [9.17, 15) is 0 Å². The molecule has 0 aliphatic carbocycles. The molecule has 1 atom stereocenters. The summed E-state index contributed by atoms with van der Waals surface area (Å²) < 4.78 is 0. The standard InChI is InChI=1S/C12H21N3/c1-9(2)11(14-3)7-6-10-5-4-8-15-12(10)13/h4-5,8-9,11,14H,6-7H2,1-3H3,(H2,13,15). The lowest BCUT2D eigenvalue weighted by atomic mass is 9.97. The van der Waals surface area contributed by atoms with Gasteiger partial charge >= 0.3 is 0 Å². The highest BCUT2D eigenvalue weighted by Gasteiger charge is 2.11. The van der Waals surface area contributed by atoms with Crippen LogP contribution in [0.25, 0.3) is 0 Å². The fourth-order valence-corrected chi connectivity index (χ4v) is 1.78. The van der Waals surface area contributed by atoms with Gasteiger partial charge in [0.1, 0.15) is 5.82 Å².